The van der Waals surface area contributed by atoms with Crippen LogP contribution in [0.25, 0.3) is 0 Å². The van der Waals surface area contributed by atoms with Crippen LogP contribution in [0.5, 0.6) is 0 Å². The second-order valence-corrected chi connectivity index (χ2v) is 6.32. The highest BCUT2D eigenvalue weighted by Crippen LogP contribution is 2.40. The van der Waals surface area contributed by atoms with Crippen molar-refractivity contribution in [3.63, 3.8) is 0 Å². The molecule has 1 fully saturated rings. The normalized spacial score (nSPS) is 19.9. The number of hydrogen-bond acceptors (Lipinski definition) is 3. The zero-order chi connectivity index (χ0) is 16.6. The molecule has 23 heavy (non-hydrogen) atoms. The van der Waals surface area contributed by atoms with Gasteiger partial charge in [-0.2, -0.15) is 5.10 Å². The van der Waals surface area contributed by atoms with Gasteiger partial charge >= 0.3 is 0 Å². The molecule has 5 heteroatoms. The van der Waals surface area contributed by atoms with Gasteiger partial charge in [0, 0.05) is 24.3 Å². The number of primary amides is 1. The molecule has 0 spiro atoms. The minimum Gasteiger partial charge on any atom is -0.368 e. The summed E-state index contributed by atoms with van der Waals surface area (Å²) in [7, 11) is 1.97. The predicted molar refractivity (Wildman–Crippen MR) is 89.7 cm³/mol. The number of rotatable bonds is 4. The third-order valence-corrected chi connectivity index (χ3v) is 4.91. The van der Waals surface area contributed by atoms with Crippen LogP contribution in [0.2, 0.25) is 0 Å². The Kier molecular flexibility index (Phi) is 4.22. The van der Waals surface area contributed by atoms with Gasteiger partial charge in [-0.15, -0.1) is 0 Å². The fourth-order valence-electron chi connectivity index (χ4n) is 3.83. The zero-order valence-corrected chi connectivity index (χ0v) is 14.0. The fraction of sp³-hybridized carbons (Fsp3) is 0.444. The highest BCUT2D eigenvalue weighted by atomic mass is 16.1. The van der Waals surface area contributed by atoms with Crippen LogP contribution < -0.4 is 5.73 Å². The number of aromatic nitrogens is 2. The molecule has 0 bridgehead atoms. The van der Waals surface area contributed by atoms with Crippen molar-refractivity contribution in [2.45, 2.75) is 38.8 Å². The minimum atomic E-state index is -0.386. The van der Waals surface area contributed by atoms with Gasteiger partial charge < -0.3 is 5.73 Å². The molecule has 3 rings (SSSR count). The second kappa shape index (κ2) is 6.16. The predicted octanol–water partition coefficient (Wildman–Crippen LogP) is 2.40. The van der Waals surface area contributed by atoms with Gasteiger partial charge in [0.05, 0.1) is 5.69 Å². The number of likely N-dealkylation sites (tertiary alicyclic amines) is 1. The van der Waals surface area contributed by atoms with Gasteiger partial charge in [-0.05, 0) is 38.8 Å². The summed E-state index contributed by atoms with van der Waals surface area (Å²) in [6, 6.07) is 9.64. The van der Waals surface area contributed by atoms with Gasteiger partial charge in [-0.1, -0.05) is 30.3 Å². The number of benzene rings is 1. The van der Waals surface area contributed by atoms with E-state index in [-0.39, 0.29) is 18.0 Å². The number of nitrogens with zero attached hydrogens (tertiary/aromatic N) is 3. The van der Waals surface area contributed by atoms with Crippen molar-refractivity contribution in [1.82, 2.24) is 14.7 Å². The Morgan fingerprint density at radius 1 is 1.30 bits per heavy atom. The summed E-state index contributed by atoms with van der Waals surface area (Å²) < 4.78 is 1.92. The average Bonchev–Trinajstić information content (AvgIpc) is 3.06. The van der Waals surface area contributed by atoms with Gasteiger partial charge in [0.25, 0.3) is 0 Å². The Balaban J connectivity index is 2.01. The minimum absolute atomic E-state index is 0.196. The van der Waals surface area contributed by atoms with Crippen LogP contribution in [0.3, 0.4) is 0 Å². The Morgan fingerprint density at radius 3 is 2.57 bits per heavy atom. The smallest absolute Gasteiger partial charge is 0.239 e. The largest absolute Gasteiger partial charge is 0.368 e. The van der Waals surface area contributed by atoms with E-state index in [2.05, 4.69) is 16.9 Å². The molecule has 1 amide bonds. The number of amides is 1. The summed E-state index contributed by atoms with van der Waals surface area (Å²) >= 11 is 0. The van der Waals surface area contributed by atoms with Gasteiger partial charge in [-0.25, -0.2) is 0 Å². The summed E-state index contributed by atoms with van der Waals surface area (Å²) in [5.74, 6) is -0.290. The highest BCUT2D eigenvalue weighted by molar-refractivity contribution is 5.81. The Morgan fingerprint density at radius 2 is 2.00 bits per heavy atom. The monoisotopic (exact) mass is 312 g/mol. The molecule has 122 valence electrons. The maximum absolute atomic E-state index is 12.2. The molecule has 0 aliphatic carbocycles. The first-order valence-corrected chi connectivity index (χ1v) is 8.10. The van der Waals surface area contributed by atoms with Gasteiger partial charge in [0.2, 0.25) is 5.91 Å². The molecule has 2 N–H and O–H groups in total. The van der Waals surface area contributed by atoms with E-state index < -0.39 is 0 Å². The molecule has 0 radical (unpaired) electrons. The molecule has 2 heterocycles. The van der Waals surface area contributed by atoms with Crippen molar-refractivity contribution < 1.29 is 4.79 Å². The summed E-state index contributed by atoms with van der Waals surface area (Å²) in [4.78, 5) is 14.4. The third-order valence-electron chi connectivity index (χ3n) is 4.91. The second-order valence-electron chi connectivity index (χ2n) is 6.32. The zero-order valence-electron chi connectivity index (χ0n) is 14.0. The fourth-order valence-corrected chi connectivity index (χ4v) is 3.83. The Labute approximate surface area is 137 Å². The standard InChI is InChI=1S/C18H24N4O/c1-12-16(13(2)21(3)20-12)15-10-7-11-22(15)17(18(19)23)14-8-5-4-6-9-14/h4-6,8-9,15,17H,7,10-11H2,1-3H3,(H2,19,23). The quantitative estimate of drug-likeness (QED) is 0.943. The van der Waals surface area contributed by atoms with E-state index in [1.165, 1.54) is 5.56 Å². The van der Waals surface area contributed by atoms with Crippen LogP contribution in [0, 0.1) is 13.8 Å². The third kappa shape index (κ3) is 2.77. The molecular formula is C18H24N4O. The number of carbonyl (C=O) groups is 1. The summed E-state index contributed by atoms with van der Waals surface area (Å²) in [6.07, 6.45) is 2.10. The van der Waals surface area contributed by atoms with E-state index in [0.29, 0.717) is 0 Å². The van der Waals surface area contributed by atoms with Gasteiger partial charge in [0.1, 0.15) is 6.04 Å². The van der Waals surface area contributed by atoms with Crippen LogP contribution in [-0.4, -0.2) is 27.1 Å². The van der Waals surface area contributed by atoms with Crippen LogP contribution >= 0.6 is 0 Å². The lowest BCUT2D eigenvalue weighted by Gasteiger charge is -2.31. The Hall–Kier alpha value is -2.14. The molecule has 2 unspecified atom stereocenters. The average molecular weight is 312 g/mol. The first kappa shape index (κ1) is 15.7. The van der Waals surface area contributed by atoms with Crippen LogP contribution in [0.4, 0.5) is 0 Å². The molecule has 1 aromatic carbocycles. The molecule has 1 aromatic heterocycles. The van der Waals surface area contributed by atoms with Crippen LogP contribution in [-0.2, 0) is 11.8 Å². The van der Waals surface area contributed by atoms with E-state index in [9.17, 15) is 4.79 Å². The van der Waals surface area contributed by atoms with Crippen molar-refractivity contribution in [3.8, 4) is 0 Å². The van der Waals surface area contributed by atoms with E-state index in [4.69, 9.17) is 5.73 Å². The van der Waals surface area contributed by atoms with E-state index in [1.807, 2.05) is 49.0 Å². The molecule has 0 saturated carbocycles. The first-order chi connectivity index (χ1) is 11.0. The molecule has 2 atom stereocenters. The molecule has 1 aliphatic heterocycles. The molecule has 5 nitrogen and oxygen atoms in total. The lowest BCUT2D eigenvalue weighted by atomic mass is 9.98. The summed E-state index contributed by atoms with van der Waals surface area (Å²) in [6.45, 7) is 5.01. The van der Waals surface area contributed by atoms with Crippen LogP contribution in [0.1, 0.15) is 47.4 Å². The van der Waals surface area contributed by atoms with E-state index in [1.54, 1.807) is 0 Å². The number of hydrogen-bond donors (Lipinski definition) is 1. The topological polar surface area (TPSA) is 64.2 Å². The van der Waals surface area contributed by atoms with Crippen molar-refractivity contribution in [2.24, 2.45) is 12.8 Å². The lowest BCUT2D eigenvalue weighted by Crippen LogP contribution is -2.37. The maximum Gasteiger partial charge on any atom is 0.239 e. The number of nitrogens with two attached hydrogens (primary N) is 1. The lowest BCUT2D eigenvalue weighted by molar-refractivity contribution is -0.123. The molecule has 2 aromatic rings. The van der Waals surface area contributed by atoms with E-state index in [0.717, 1.165) is 36.3 Å². The maximum atomic E-state index is 12.2. The summed E-state index contributed by atoms with van der Waals surface area (Å²) in [5.41, 5.74) is 10.2. The van der Waals surface area contributed by atoms with Crippen molar-refractivity contribution >= 4 is 5.91 Å². The van der Waals surface area contributed by atoms with Crippen molar-refractivity contribution in [2.75, 3.05) is 6.54 Å². The number of aryl methyl sites for hydroxylation is 2. The van der Waals surface area contributed by atoms with Gasteiger partial charge in [-0.3, -0.25) is 14.4 Å². The number of carbonyl (C=O) groups excluding carboxylic acids is 1. The molecule has 1 saturated heterocycles. The first-order valence-electron chi connectivity index (χ1n) is 8.10. The Bertz CT molecular complexity index is 707. The van der Waals surface area contributed by atoms with E-state index >= 15 is 0 Å². The SMILES string of the molecule is Cc1nn(C)c(C)c1C1CCCN1C(C(N)=O)c1ccccc1. The van der Waals surface area contributed by atoms with Gasteiger partial charge in [0.15, 0.2) is 0 Å². The van der Waals surface area contributed by atoms with Crippen LogP contribution in [0.15, 0.2) is 30.3 Å². The van der Waals surface area contributed by atoms with Crippen molar-refractivity contribution in [1.29, 1.82) is 0 Å². The highest BCUT2D eigenvalue weighted by Gasteiger charge is 2.37. The summed E-state index contributed by atoms with van der Waals surface area (Å²) in [5, 5.41) is 4.54. The molecule has 1 aliphatic rings. The molecular weight excluding hydrogens is 288 g/mol. The van der Waals surface area contributed by atoms with Crippen molar-refractivity contribution in [3.05, 3.63) is 52.8 Å².